The molecule has 25 heavy (non-hydrogen) atoms. The first-order valence-electron chi connectivity index (χ1n) is 8.78. The number of unbranched alkanes of at least 4 members (excludes halogenated alkanes) is 1. The summed E-state index contributed by atoms with van der Waals surface area (Å²) in [5, 5.41) is 11.1. The summed E-state index contributed by atoms with van der Waals surface area (Å²) in [4.78, 5) is 11.1. The zero-order valence-electron chi connectivity index (χ0n) is 15.1. The molecule has 6 heteroatoms. The van der Waals surface area contributed by atoms with Gasteiger partial charge in [-0.15, -0.1) is 0 Å². The Kier molecular flexibility index (Phi) is 11.1. The zero-order valence-corrected chi connectivity index (χ0v) is 15.1. The second kappa shape index (κ2) is 13.2. The average molecular weight is 348 g/mol. The minimum atomic E-state index is -0.342. The molecule has 0 aliphatic heterocycles. The Balaban J connectivity index is 2.24. The first-order chi connectivity index (χ1) is 12.2. The van der Waals surface area contributed by atoms with E-state index >= 15 is 0 Å². The molecule has 0 saturated heterocycles. The van der Waals surface area contributed by atoms with Gasteiger partial charge in [0.05, 0.1) is 6.07 Å². The number of ether oxygens (including phenoxy) is 3. The van der Waals surface area contributed by atoms with Crippen LogP contribution in [0.15, 0.2) is 24.3 Å². The van der Waals surface area contributed by atoms with Crippen LogP contribution in [0.3, 0.4) is 0 Å². The smallest absolute Gasteiger partial charge is 0.234 e. The molecule has 1 aromatic carbocycles. The van der Waals surface area contributed by atoms with Gasteiger partial charge in [0.2, 0.25) is 5.91 Å². The first-order valence-corrected chi connectivity index (χ1v) is 8.78. The van der Waals surface area contributed by atoms with Gasteiger partial charge < -0.3 is 19.5 Å². The molecule has 0 fully saturated rings. The number of aryl methyl sites for hydroxylation is 1. The van der Waals surface area contributed by atoms with Gasteiger partial charge in [0.1, 0.15) is 18.8 Å². The fraction of sp³-hybridized carbons (Fsp3) is 0.579. The van der Waals surface area contributed by atoms with Gasteiger partial charge >= 0.3 is 0 Å². The lowest BCUT2D eigenvalue weighted by Crippen LogP contribution is -2.25. The predicted molar refractivity (Wildman–Crippen MR) is 95.2 cm³/mol. The molecule has 0 atom stereocenters. The molecule has 1 N–H and O–H groups in total. The average Bonchev–Trinajstić information content (AvgIpc) is 2.61. The number of hydrogen-bond donors (Lipinski definition) is 1. The molecule has 0 radical (unpaired) electrons. The third-order valence-corrected chi connectivity index (χ3v) is 3.47. The second-order valence-electron chi connectivity index (χ2n) is 5.44. The first kappa shape index (κ1) is 20.9. The van der Waals surface area contributed by atoms with Gasteiger partial charge in [-0.1, -0.05) is 12.1 Å². The molecular formula is C19H28N2O4. The molecule has 0 saturated carbocycles. The van der Waals surface area contributed by atoms with Gasteiger partial charge in [0.25, 0.3) is 0 Å². The van der Waals surface area contributed by atoms with Crippen molar-refractivity contribution in [2.75, 3.05) is 26.4 Å². The molecule has 1 aromatic rings. The standard InChI is InChI=1S/C19H28N2O4/c1-3-23-19(24-4-2)15-25-17-10-8-16(9-11-17)7-5-6-14-21-18(22)12-13-20/h8-11,19H,3-7,12,14-15H2,1-2H3,(H,21,22). The summed E-state index contributed by atoms with van der Waals surface area (Å²) in [5.74, 6) is 0.582. The van der Waals surface area contributed by atoms with Gasteiger partial charge in [0.15, 0.2) is 6.29 Å². The Morgan fingerprint density at radius 2 is 1.84 bits per heavy atom. The maximum absolute atomic E-state index is 11.1. The highest BCUT2D eigenvalue weighted by Crippen LogP contribution is 2.14. The molecule has 0 bridgehead atoms. The number of amides is 1. The molecule has 1 rings (SSSR count). The zero-order chi connectivity index (χ0) is 18.3. The van der Waals surface area contributed by atoms with Crippen molar-refractivity contribution in [3.63, 3.8) is 0 Å². The molecule has 0 unspecified atom stereocenters. The summed E-state index contributed by atoms with van der Waals surface area (Å²) in [6, 6.07) is 9.80. The van der Waals surface area contributed by atoms with Crippen LogP contribution in [-0.4, -0.2) is 38.6 Å². The van der Waals surface area contributed by atoms with Crippen molar-refractivity contribution >= 4 is 5.91 Å². The Hall–Kier alpha value is -2.10. The molecule has 1 amide bonds. The molecule has 0 aliphatic carbocycles. The Bertz CT molecular complexity index is 519. The Morgan fingerprint density at radius 3 is 2.44 bits per heavy atom. The molecular weight excluding hydrogens is 320 g/mol. The number of benzene rings is 1. The van der Waals surface area contributed by atoms with E-state index in [2.05, 4.69) is 5.32 Å². The number of carbonyl (C=O) groups excluding carboxylic acids is 1. The fourth-order valence-corrected chi connectivity index (χ4v) is 2.25. The summed E-state index contributed by atoms with van der Waals surface area (Å²) >= 11 is 0. The summed E-state index contributed by atoms with van der Waals surface area (Å²) in [6.07, 6.45) is 2.39. The van der Waals surface area contributed by atoms with Crippen molar-refractivity contribution in [1.29, 1.82) is 5.26 Å². The van der Waals surface area contributed by atoms with Gasteiger partial charge in [-0.3, -0.25) is 4.79 Å². The van der Waals surface area contributed by atoms with Crippen LogP contribution < -0.4 is 10.1 Å². The van der Waals surface area contributed by atoms with Crippen molar-refractivity contribution < 1.29 is 19.0 Å². The van der Waals surface area contributed by atoms with E-state index in [4.69, 9.17) is 19.5 Å². The van der Waals surface area contributed by atoms with E-state index in [1.807, 2.05) is 44.2 Å². The number of nitrogens with zero attached hydrogens (tertiary/aromatic N) is 1. The molecule has 0 aliphatic rings. The maximum Gasteiger partial charge on any atom is 0.234 e. The molecule has 6 nitrogen and oxygen atoms in total. The van der Waals surface area contributed by atoms with E-state index < -0.39 is 0 Å². The van der Waals surface area contributed by atoms with Crippen LogP contribution in [0.1, 0.15) is 38.7 Å². The highest BCUT2D eigenvalue weighted by atomic mass is 16.7. The van der Waals surface area contributed by atoms with Crippen LogP contribution in [-0.2, 0) is 20.7 Å². The number of rotatable bonds is 13. The van der Waals surface area contributed by atoms with Crippen LogP contribution in [0.2, 0.25) is 0 Å². The summed E-state index contributed by atoms with van der Waals surface area (Å²) in [5.41, 5.74) is 1.22. The second-order valence-corrected chi connectivity index (χ2v) is 5.44. The van der Waals surface area contributed by atoms with Gasteiger partial charge in [-0.2, -0.15) is 5.26 Å². The maximum atomic E-state index is 11.1. The monoisotopic (exact) mass is 348 g/mol. The Labute approximate surface area is 150 Å². The lowest BCUT2D eigenvalue weighted by Gasteiger charge is -2.17. The number of hydrogen-bond acceptors (Lipinski definition) is 5. The number of nitrogens with one attached hydrogen (secondary N) is 1. The van der Waals surface area contributed by atoms with E-state index in [1.165, 1.54) is 5.56 Å². The van der Waals surface area contributed by atoms with Crippen molar-refractivity contribution in [2.45, 2.75) is 45.8 Å². The van der Waals surface area contributed by atoms with Crippen LogP contribution >= 0.6 is 0 Å². The van der Waals surface area contributed by atoms with Gasteiger partial charge in [-0.25, -0.2) is 0 Å². The van der Waals surface area contributed by atoms with Crippen molar-refractivity contribution in [3.05, 3.63) is 29.8 Å². The minimum Gasteiger partial charge on any atom is -0.488 e. The fourth-order valence-electron chi connectivity index (χ4n) is 2.25. The highest BCUT2D eigenvalue weighted by Gasteiger charge is 2.08. The van der Waals surface area contributed by atoms with E-state index in [-0.39, 0.29) is 18.6 Å². The van der Waals surface area contributed by atoms with Crippen LogP contribution in [0, 0.1) is 11.3 Å². The Morgan fingerprint density at radius 1 is 1.16 bits per heavy atom. The van der Waals surface area contributed by atoms with Crippen molar-refractivity contribution in [1.82, 2.24) is 5.32 Å². The van der Waals surface area contributed by atoms with Crippen LogP contribution in [0.25, 0.3) is 0 Å². The lowest BCUT2D eigenvalue weighted by molar-refractivity contribution is -0.152. The predicted octanol–water partition coefficient (Wildman–Crippen LogP) is 2.82. The van der Waals surface area contributed by atoms with E-state index in [9.17, 15) is 4.79 Å². The van der Waals surface area contributed by atoms with E-state index in [0.717, 1.165) is 25.0 Å². The molecule has 0 aromatic heterocycles. The molecule has 0 spiro atoms. The van der Waals surface area contributed by atoms with E-state index in [0.29, 0.717) is 26.4 Å². The highest BCUT2D eigenvalue weighted by molar-refractivity contribution is 5.77. The lowest BCUT2D eigenvalue weighted by atomic mass is 10.1. The summed E-state index contributed by atoms with van der Waals surface area (Å²) < 4.78 is 16.6. The van der Waals surface area contributed by atoms with Crippen LogP contribution in [0.5, 0.6) is 5.75 Å². The summed E-state index contributed by atoms with van der Waals surface area (Å²) in [6.45, 7) is 6.00. The summed E-state index contributed by atoms with van der Waals surface area (Å²) in [7, 11) is 0. The third-order valence-electron chi connectivity index (χ3n) is 3.47. The van der Waals surface area contributed by atoms with Gasteiger partial charge in [-0.05, 0) is 50.8 Å². The molecule has 138 valence electrons. The number of nitriles is 1. The largest absolute Gasteiger partial charge is 0.488 e. The molecule has 0 heterocycles. The SMILES string of the molecule is CCOC(COc1ccc(CCCCNC(=O)CC#N)cc1)OCC. The van der Waals surface area contributed by atoms with E-state index in [1.54, 1.807) is 0 Å². The van der Waals surface area contributed by atoms with Crippen LogP contribution in [0.4, 0.5) is 0 Å². The van der Waals surface area contributed by atoms with Gasteiger partial charge in [0, 0.05) is 19.8 Å². The topological polar surface area (TPSA) is 80.6 Å². The van der Waals surface area contributed by atoms with Crippen molar-refractivity contribution in [2.24, 2.45) is 0 Å². The number of carbonyl (C=O) groups is 1. The van der Waals surface area contributed by atoms with Crippen molar-refractivity contribution in [3.8, 4) is 11.8 Å². The quantitative estimate of drug-likeness (QED) is 0.438. The third kappa shape index (κ3) is 9.70. The normalized spacial score (nSPS) is 10.5. The minimum absolute atomic E-state index is 0.0745.